The number of nitrogens with one attached hydrogen (secondary N) is 2. The van der Waals surface area contributed by atoms with E-state index in [4.69, 9.17) is 4.74 Å². The van der Waals surface area contributed by atoms with Crippen LogP contribution in [-0.4, -0.2) is 28.2 Å². The number of anilines is 1. The molecule has 2 aromatic heterocycles. The van der Waals surface area contributed by atoms with Crippen LogP contribution in [0.4, 0.5) is 5.13 Å². The van der Waals surface area contributed by atoms with Crippen LogP contribution >= 0.6 is 11.3 Å². The molecule has 0 aliphatic carbocycles. The van der Waals surface area contributed by atoms with Crippen molar-refractivity contribution in [3.63, 3.8) is 0 Å². The standard InChI is InChI=1S/C16H12N4O2S/c1-22-11-7-4-8-12-14(11)17-16(23-12)18-15(21)13-9-5-2-3-6-10(9)19-20-13/h2-8H,1H3,(H,19,20)(H,17,18,21). The summed E-state index contributed by atoms with van der Waals surface area (Å²) in [7, 11) is 1.60. The zero-order valence-corrected chi connectivity index (χ0v) is 13.0. The zero-order chi connectivity index (χ0) is 15.8. The molecule has 0 aliphatic heterocycles. The lowest BCUT2D eigenvalue weighted by Gasteiger charge is -1.99. The SMILES string of the molecule is COc1cccc2sc(NC(=O)c3n[nH]c4ccccc34)nc12. The number of amides is 1. The van der Waals surface area contributed by atoms with Crippen LogP contribution in [0.3, 0.4) is 0 Å². The fraction of sp³-hybridized carbons (Fsp3) is 0.0625. The lowest BCUT2D eigenvalue weighted by molar-refractivity contribution is 0.102. The molecule has 2 aromatic carbocycles. The summed E-state index contributed by atoms with van der Waals surface area (Å²) in [6.07, 6.45) is 0. The molecule has 1 amide bonds. The van der Waals surface area contributed by atoms with E-state index < -0.39 is 0 Å². The van der Waals surface area contributed by atoms with Gasteiger partial charge in [-0.15, -0.1) is 0 Å². The van der Waals surface area contributed by atoms with Gasteiger partial charge < -0.3 is 4.74 Å². The predicted molar refractivity (Wildman–Crippen MR) is 90.2 cm³/mol. The molecule has 0 fully saturated rings. The van der Waals surface area contributed by atoms with Crippen LogP contribution in [0, 0.1) is 0 Å². The summed E-state index contributed by atoms with van der Waals surface area (Å²) in [6.45, 7) is 0. The van der Waals surface area contributed by atoms with Crippen molar-refractivity contribution in [2.24, 2.45) is 0 Å². The summed E-state index contributed by atoms with van der Waals surface area (Å²) < 4.78 is 6.24. The fourth-order valence-electron chi connectivity index (χ4n) is 2.43. The van der Waals surface area contributed by atoms with E-state index in [0.29, 0.717) is 16.6 Å². The van der Waals surface area contributed by atoms with E-state index in [9.17, 15) is 4.79 Å². The number of para-hydroxylation sites is 2. The van der Waals surface area contributed by atoms with E-state index in [1.165, 1.54) is 11.3 Å². The predicted octanol–water partition coefficient (Wildman–Crippen LogP) is 3.43. The van der Waals surface area contributed by atoms with Crippen LogP contribution in [-0.2, 0) is 0 Å². The Morgan fingerprint density at radius 2 is 2.09 bits per heavy atom. The third-order valence-corrected chi connectivity index (χ3v) is 4.44. The number of hydrogen-bond donors (Lipinski definition) is 2. The molecule has 0 unspecified atom stereocenters. The Hall–Kier alpha value is -2.93. The van der Waals surface area contributed by atoms with Gasteiger partial charge in [-0.25, -0.2) is 4.98 Å². The second-order valence-corrected chi connectivity index (χ2v) is 5.93. The number of methoxy groups -OCH3 is 1. The molecule has 7 heteroatoms. The number of benzene rings is 2. The fourth-order valence-corrected chi connectivity index (χ4v) is 3.31. The second-order valence-electron chi connectivity index (χ2n) is 4.90. The summed E-state index contributed by atoms with van der Waals surface area (Å²) in [5.41, 5.74) is 1.91. The number of aromatic nitrogens is 3. The number of thiazole rings is 1. The van der Waals surface area contributed by atoms with E-state index >= 15 is 0 Å². The molecule has 2 heterocycles. The number of rotatable bonds is 3. The van der Waals surface area contributed by atoms with Gasteiger partial charge in [-0.05, 0) is 18.2 Å². The minimum Gasteiger partial charge on any atom is -0.494 e. The van der Waals surface area contributed by atoms with Crippen molar-refractivity contribution in [3.8, 4) is 5.75 Å². The molecule has 0 atom stereocenters. The van der Waals surface area contributed by atoms with Crippen LogP contribution in [0.25, 0.3) is 21.1 Å². The van der Waals surface area contributed by atoms with Gasteiger partial charge in [-0.1, -0.05) is 35.6 Å². The number of hydrogen-bond acceptors (Lipinski definition) is 5. The van der Waals surface area contributed by atoms with Gasteiger partial charge in [-0.3, -0.25) is 15.2 Å². The number of carbonyl (C=O) groups is 1. The minimum absolute atomic E-state index is 0.291. The van der Waals surface area contributed by atoms with Crippen LogP contribution in [0.15, 0.2) is 42.5 Å². The number of nitrogens with zero attached hydrogens (tertiary/aromatic N) is 2. The maximum atomic E-state index is 12.5. The Bertz CT molecular complexity index is 1020. The molecule has 6 nitrogen and oxygen atoms in total. The zero-order valence-electron chi connectivity index (χ0n) is 12.2. The average Bonchev–Trinajstić information content (AvgIpc) is 3.17. The number of carbonyl (C=O) groups excluding carboxylic acids is 1. The lowest BCUT2D eigenvalue weighted by atomic mass is 10.2. The third kappa shape index (κ3) is 2.31. The topological polar surface area (TPSA) is 79.9 Å². The quantitative estimate of drug-likeness (QED) is 0.605. The maximum Gasteiger partial charge on any atom is 0.278 e. The molecule has 0 aliphatic rings. The number of H-pyrrole nitrogens is 1. The van der Waals surface area contributed by atoms with Gasteiger partial charge in [0.1, 0.15) is 11.3 Å². The largest absolute Gasteiger partial charge is 0.494 e. The Balaban J connectivity index is 1.69. The first-order valence-corrected chi connectivity index (χ1v) is 7.76. The molecular formula is C16H12N4O2S. The molecule has 0 radical (unpaired) electrons. The third-order valence-electron chi connectivity index (χ3n) is 3.51. The second kappa shape index (κ2) is 5.36. The van der Waals surface area contributed by atoms with Crippen molar-refractivity contribution in [2.75, 3.05) is 12.4 Å². The van der Waals surface area contributed by atoms with Crippen LogP contribution in [0.1, 0.15) is 10.5 Å². The van der Waals surface area contributed by atoms with Crippen LogP contribution in [0.5, 0.6) is 5.75 Å². The Kier molecular flexibility index (Phi) is 3.20. The minimum atomic E-state index is -0.291. The lowest BCUT2D eigenvalue weighted by Crippen LogP contribution is -2.12. The molecule has 0 spiro atoms. The molecular weight excluding hydrogens is 312 g/mol. The molecule has 0 bridgehead atoms. The van der Waals surface area contributed by atoms with Crippen molar-refractivity contribution in [1.29, 1.82) is 0 Å². The Morgan fingerprint density at radius 3 is 2.96 bits per heavy atom. The molecule has 0 saturated carbocycles. The smallest absolute Gasteiger partial charge is 0.278 e. The van der Waals surface area contributed by atoms with Gasteiger partial charge in [0.15, 0.2) is 10.8 Å². The highest BCUT2D eigenvalue weighted by atomic mass is 32.1. The number of fused-ring (bicyclic) bond motifs is 2. The number of ether oxygens (including phenoxy) is 1. The first-order chi connectivity index (χ1) is 11.3. The van der Waals surface area contributed by atoms with Gasteiger partial charge in [0.05, 0.1) is 17.3 Å². The van der Waals surface area contributed by atoms with E-state index in [0.717, 1.165) is 21.1 Å². The normalized spacial score (nSPS) is 11.0. The van der Waals surface area contributed by atoms with Gasteiger partial charge in [0.2, 0.25) is 0 Å². The molecule has 4 aromatic rings. The molecule has 114 valence electrons. The Morgan fingerprint density at radius 1 is 1.22 bits per heavy atom. The highest BCUT2D eigenvalue weighted by Gasteiger charge is 2.16. The van der Waals surface area contributed by atoms with Gasteiger partial charge in [0, 0.05) is 5.39 Å². The molecule has 2 N–H and O–H groups in total. The average molecular weight is 324 g/mol. The summed E-state index contributed by atoms with van der Waals surface area (Å²) in [5.74, 6) is 0.393. The van der Waals surface area contributed by atoms with Crippen LogP contribution < -0.4 is 10.1 Å². The van der Waals surface area contributed by atoms with E-state index in [-0.39, 0.29) is 5.91 Å². The molecule has 0 saturated heterocycles. The van der Waals surface area contributed by atoms with Crippen LogP contribution in [0.2, 0.25) is 0 Å². The monoisotopic (exact) mass is 324 g/mol. The molecule has 23 heavy (non-hydrogen) atoms. The Labute approximate surface area is 135 Å². The first kappa shape index (κ1) is 13.7. The van der Waals surface area contributed by atoms with Crippen molar-refractivity contribution in [3.05, 3.63) is 48.2 Å². The maximum absolute atomic E-state index is 12.5. The summed E-state index contributed by atoms with van der Waals surface area (Å²) in [5, 5.41) is 11.1. The van der Waals surface area contributed by atoms with Crippen molar-refractivity contribution < 1.29 is 9.53 Å². The van der Waals surface area contributed by atoms with Crippen molar-refractivity contribution in [1.82, 2.24) is 15.2 Å². The highest BCUT2D eigenvalue weighted by Crippen LogP contribution is 2.32. The van der Waals surface area contributed by atoms with E-state index in [2.05, 4.69) is 20.5 Å². The summed E-state index contributed by atoms with van der Waals surface area (Å²) in [4.78, 5) is 16.9. The highest BCUT2D eigenvalue weighted by molar-refractivity contribution is 7.22. The van der Waals surface area contributed by atoms with Crippen molar-refractivity contribution >= 4 is 43.5 Å². The van der Waals surface area contributed by atoms with Gasteiger partial charge in [0.25, 0.3) is 5.91 Å². The molecule has 4 rings (SSSR count). The summed E-state index contributed by atoms with van der Waals surface area (Å²) in [6, 6.07) is 13.2. The van der Waals surface area contributed by atoms with Gasteiger partial charge >= 0.3 is 0 Å². The van der Waals surface area contributed by atoms with Gasteiger partial charge in [-0.2, -0.15) is 5.10 Å². The number of aromatic amines is 1. The summed E-state index contributed by atoms with van der Waals surface area (Å²) >= 11 is 1.40. The first-order valence-electron chi connectivity index (χ1n) is 6.94. The van der Waals surface area contributed by atoms with Crippen molar-refractivity contribution in [2.45, 2.75) is 0 Å². The van der Waals surface area contributed by atoms with E-state index in [1.807, 2.05) is 42.5 Å². The van der Waals surface area contributed by atoms with E-state index in [1.54, 1.807) is 7.11 Å².